The number of fused-ring (bicyclic) bond motifs is 1. The van der Waals surface area contributed by atoms with Crippen LogP contribution in [0.3, 0.4) is 0 Å². The number of aliphatic carboxylic acids is 1. The van der Waals surface area contributed by atoms with Gasteiger partial charge in [-0.05, 0) is 13.0 Å². The molecule has 0 bridgehead atoms. The molecule has 0 spiro atoms. The average Bonchev–Trinajstić information content (AvgIpc) is 2.70. The van der Waals surface area contributed by atoms with Crippen molar-refractivity contribution in [3.63, 3.8) is 0 Å². The fraction of sp³-hybridized carbons (Fsp3) is 0.333. The van der Waals surface area contributed by atoms with E-state index in [1.165, 1.54) is 6.20 Å². The lowest BCUT2D eigenvalue weighted by Crippen LogP contribution is -2.43. The highest BCUT2D eigenvalue weighted by Gasteiger charge is 2.20. The first-order valence-corrected chi connectivity index (χ1v) is 5.88. The summed E-state index contributed by atoms with van der Waals surface area (Å²) in [6.07, 6.45) is 1.34. The third-order valence-corrected chi connectivity index (χ3v) is 2.91. The molecule has 0 aliphatic carbocycles. The van der Waals surface area contributed by atoms with Crippen LogP contribution in [0.2, 0.25) is 0 Å². The van der Waals surface area contributed by atoms with E-state index < -0.39 is 24.5 Å². The Kier molecular flexibility index (Phi) is 3.66. The maximum Gasteiger partial charge on any atom is 0.328 e. The van der Waals surface area contributed by atoms with Gasteiger partial charge in [-0.15, -0.1) is 0 Å². The quantitative estimate of drug-likeness (QED) is 0.691. The molecule has 2 aromatic heterocycles. The van der Waals surface area contributed by atoms with Gasteiger partial charge in [-0.25, -0.2) is 9.78 Å². The Hall–Kier alpha value is -2.48. The van der Waals surface area contributed by atoms with Crippen LogP contribution in [-0.2, 0) is 11.8 Å². The van der Waals surface area contributed by atoms with Crippen molar-refractivity contribution >= 4 is 22.9 Å². The molecule has 0 radical (unpaired) electrons. The van der Waals surface area contributed by atoms with Crippen molar-refractivity contribution in [1.82, 2.24) is 20.1 Å². The largest absolute Gasteiger partial charge is 0.480 e. The normalized spacial score (nSPS) is 12.3. The molecule has 0 aliphatic rings. The lowest BCUT2D eigenvalue weighted by atomic mass is 10.2. The van der Waals surface area contributed by atoms with E-state index in [9.17, 15) is 9.59 Å². The molecule has 8 nitrogen and oxygen atoms in total. The monoisotopic (exact) mass is 278 g/mol. The molecule has 0 saturated carbocycles. The van der Waals surface area contributed by atoms with Gasteiger partial charge in [0.2, 0.25) is 0 Å². The average molecular weight is 278 g/mol. The molecule has 8 heteroatoms. The molecule has 0 saturated heterocycles. The number of nitrogens with zero attached hydrogens (tertiary/aromatic N) is 3. The molecule has 0 aliphatic heterocycles. The van der Waals surface area contributed by atoms with E-state index in [2.05, 4.69) is 15.4 Å². The van der Waals surface area contributed by atoms with Crippen molar-refractivity contribution in [3.8, 4) is 0 Å². The number of rotatable bonds is 4. The minimum absolute atomic E-state index is 0.216. The van der Waals surface area contributed by atoms with Gasteiger partial charge < -0.3 is 15.5 Å². The molecule has 0 fully saturated rings. The molecule has 1 amide bonds. The molecule has 2 heterocycles. The second-order valence-electron chi connectivity index (χ2n) is 4.35. The minimum Gasteiger partial charge on any atom is -0.480 e. The fourth-order valence-electron chi connectivity index (χ4n) is 1.86. The summed E-state index contributed by atoms with van der Waals surface area (Å²) in [4.78, 5) is 26.8. The topological polar surface area (TPSA) is 117 Å². The minimum atomic E-state index is -1.34. The van der Waals surface area contributed by atoms with Gasteiger partial charge in [0.15, 0.2) is 11.7 Å². The number of hydrogen-bond acceptors (Lipinski definition) is 5. The van der Waals surface area contributed by atoms with Crippen LogP contribution in [0.1, 0.15) is 16.1 Å². The van der Waals surface area contributed by atoms with Crippen molar-refractivity contribution < 1.29 is 19.8 Å². The molecule has 1 atom stereocenters. The van der Waals surface area contributed by atoms with Gasteiger partial charge in [0.1, 0.15) is 0 Å². The second-order valence-corrected chi connectivity index (χ2v) is 4.35. The zero-order valence-electron chi connectivity index (χ0n) is 11.0. The summed E-state index contributed by atoms with van der Waals surface area (Å²) >= 11 is 0. The number of aliphatic hydroxyl groups excluding tert-OH is 1. The van der Waals surface area contributed by atoms with E-state index in [0.717, 1.165) is 11.1 Å². The first kappa shape index (κ1) is 13.9. The van der Waals surface area contributed by atoms with Gasteiger partial charge in [-0.3, -0.25) is 9.48 Å². The number of pyridine rings is 1. The predicted molar refractivity (Wildman–Crippen MR) is 69.2 cm³/mol. The Morgan fingerprint density at radius 2 is 2.20 bits per heavy atom. The highest BCUT2D eigenvalue weighted by atomic mass is 16.4. The van der Waals surface area contributed by atoms with Crippen molar-refractivity contribution in [2.45, 2.75) is 13.0 Å². The van der Waals surface area contributed by atoms with Gasteiger partial charge >= 0.3 is 5.97 Å². The van der Waals surface area contributed by atoms with Crippen LogP contribution < -0.4 is 5.32 Å². The zero-order valence-corrected chi connectivity index (χ0v) is 11.0. The Labute approximate surface area is 114 Å². The van der Waals surface area contributed by atoms with Crippen LogP contribution in [0.25, 0.3) is 11.0 Å². The number of carboxylic acid groups (broad SMARTS) is 1. The van der Waals surface area contributed by atoms with Gasteiger partial charge in [0.25, 0.3) is 5.91 Å². The van der Waals surface area contributed by atoms with E-state index in [0.29, 0.717) is 5.65 Å². The van der Waals surface area contributed by atoms with E-state index in [1.807, 2.05) is 0 Å². The summed E-state index contributed by atoms with van der Waals surface area (Å²) < 4.78 is 1.60. The number of aryl methyl sites for hydroxylation is 2. The zero-order chi connectivity index (χ0) is 14.9. The molecule has 2 aromatic rings. The number of aromatic nitrogens is 3. The van der Waals surface area contributed by atoms with Crippen molar-refractivity contribution in [1.29, 1.82) is 0 Å². The van der Waals surface area contributed by atoms with E-state index >= 15 is 0 Å². The Bertz CT molecular complexity index is 679. The van der Waals surface area contributed by atoms with E-state index in [4.69, 9.17) is 10.2 Å². The molecule has 3 N–H and O–H groups in total. The summed E-state index contributed by atoms with van der Waals surface area (Å²) in [6.45, 7) is 1.11. The van der Waals surface area contributed by atoms with Crippen LogP contribution >= 0.6 is 0 Å². The van der Waals surface area contributed by atoms with Crippen LogP contribution in [0, 0.1) is 6.92 Å². The number of carbonyl (C=O) groups excluding carboxylic acids is 1. The van der Waals surface area contributed by atoms with Gasteiger partial charge in [0.05, 0.1) is 17.9 Å². The lowest BCUT2D eigenvalue weighted by Gasteiger charge is -2.11. The first-order chi connectivity index (χ1) is 9.43. The fourth-order valence-corrected chi connectivity index (χ4v) is 1.86. The Morgan fingerprint density at radius 1 is 1.50 bits per heavy atom. The smallest absolute Gasteiger partial charge is 0.328 e. The molecule has 20 heavy (non-hydrogen) atoms. The molecule has 0 unspecified atom stereocenters. The predicted octanol–water partition coefficient (Wildman–Crippen LogP) is -0.548. The third kappa shape index (κ3) is 2.45. The van der Waals surface area contributed by atoms with Crippen molar-refractivity contribution in [3.05, 3.63) is 23.5 Å². The number of hydrogen-bond donors (Lipinski definition) is 3. The number of carboxylic acids is 1. The molecule has 2 rings (SSSR count). The maximum atomic E-state index is 11.9. The number of carbonyl (C=O) groups is 2. The van der Waals surface area contributed by atoms with Crippen LogP contribution in [0.15, 0.2) is 12.3 Å². The highest BCUT2D eigenvalue weighted by molar-refractivity contribution is 5.99. The second kappa shape index (κ2) is 5.25. The van der Waals surface area contributed by atoms with E-state index in [1.54, 1.807) is 24.7 Å². The van der Waals surface area contributed by atoms with Gasteiger partial charge in [0, 0.05) is 18.6 Å². The number of aliphatic hydroxyl groups is 1. The van der Waals surface area contributed by atoms with Crippen LogP contribution in [0.4, 0.5) is 0 Å². The molecule has 0 aromatic carbocycles. The van der Waals surface area contributed by atoms with Crippen LogP contribution in [-0.4, -0.2) is 49.5 Å². The Balaban J connectivity index is 2.31. The van der Waals surface area contributed by atoms with E-state index in [-0.39, 0.29) is 5.56 Å². The van der Waals surface area contributed by atoms with Crippen molar-refractivity contribution in [2.75, 3.05) is 6.61 Å². The number of amides is 1. The molecular formula is C12H14N4O4. The maximum absolute atomic E-state index is 11.9. The summed E-state index contributed by atoms with van der Waals surface area (Å²) in [5, 5.41) is 24.8. The standard InChI is InChI=1S/C12H14N4O4/c1-6-8-3-7(4-13-10(8)16(2)15-6)11(18)14-9(5-17)12(19)20/h3-4,9,17H,5H2,1-2H3,(H,14,18)(H,19,20)/t9-/m1/s1. The summed E-state index contributed by atoms with van der Waals surface area (Å²) in [6, 6.07) is 0.254. The summed E-state index contributed by atoms with van der Waals surface area (Å²) in [5.41, 5.74) is 1.57. The lowest BCUT2D eigenvalue weighted by molar-refractivity contribution is -0.140. The van der Waals surface area contributed by atoms with Crippen molar-refractivity contribution in [2.24, 2.45) is 7.05 Å². The molecular weight excluding hydrogens is 264 g/mol. The highest BCUT2D eigenvalue weighted by Crippen LogP contribution is 2.16. The van der Waals surface area contributed by atoms with Crippen LogP contribution in [0.5, 0.6) is 0 Å². The Morgan fingerprint density at radius 3 is 2.80 bits per heavy atom. The first-order valence-electron chi connectivity index (χ1n) is 5.88. The SMILES string of the molecule is Cc1nn(C)c2ncc(C(=O)N[C@H](CO)C(=O)O)cc12. The van der Waals surface area contributed by atoms with Gasteiger partial charge in [-0.2, -0.15) is 5.10 Å². The summed E-state index contributed by atoms with van der Waals surface area (Å²) in [5.74, 6) is -1.91. The number of nitrogens with one attached hydrogen (secondary N) is 1. The van der Waals surface area contributed by atoms with Gasteiger partial charge in [-0.1, -0.05) is 0 Å². The third-order valence-electron chi connectivity index (χ3n) is 2.91. The molecule has 106 valence electrons. The summed E-state index contributed by atoms with van der Waals surface area (Å²) in [7, 11) is 1.74.